The number of aliphatic hydroxyl groups excluding tert-OH is 1. The van der Waals surface area contributed by atoms with Gasteiger partial charge in [-0.15, -0.1) is 0 Å². The maximum absolute atomic E-state index is 8.99. The average molecular weight is 156 g/mol. The number of hydrogen-bond donors (Lipinski definition) is 1. The van der Waals surface area contributed by atoms with E-state index in [1.54, 1.807) is 0 Å². The van der Waals surface area contributed by atoms with Gasteiger partial charge in [-0.25, -0.2) is 0 Å². The quantitative estimate of drug-likeness (QED) is 0.648. The summed E-state index contributed by atoms with van der Waals surface area (Å²) in [5.74, 6) is 0.641. The molecule has 1 nitrogen and oxygen atoms in total. The van der Waals surface area contributed by atoms with Crippen LogP contribution in [0, 0.1) is 11.3 Å². The SMILES string of the molecule is CCCC1(CCC)CC1CO. The van der Waals surface area contributed by atoms with Gasteiger partial charge in [0.15, 0.2) is 0 Å². The van der Waals surface area contributed by atoms with Gasteiger partial charge >= 0.3 is 0 Å². The molecular weight excluding hydrogens is 136 g/mol. The van der Waals surface area contributed by atoms with Crippen LogP contribution in [0.5, 0.6) is 0 Å². The zero-order valence-electron chi connectivity index (χ0n) is 7.77. The average Bonchev–Trinajstić information content (AvgIpc) is 2.65. The Kier molecular flexibility index (Phi) is 2.94. The molecule has 1 rings (SSSR count). The monoisotopic (exact) mass is 156 g/mol. The van der Waals surface area contributed by atoms with Crippen LogP contribution in [0.4, 0.5) is 0 Å². The van der Waals surface area contributed by atoms with Crippen LogP contribution in [-0.2, 0) is 0 Å². The van der Waals surface area contributed by atoms with E-state index in [-0.39, 0.29) is 0 Å². The normalized spacial score (nSPS) is 27.0. The van der Waals surface area contributed by atoms with E-state index in [1.807, 2.05) is 0 Å². The first-order chi connectivity index (χ1) is 5.29. The van der Waals surface area contributed by atoms with E-state index in [9.17, 15) is 0 Å². The molecule has 1 fully saturated rings. The third kappa shape index (κ3) is 1.76. The highest BCUT2D eigenvalue weighted by atomic mass is 16.3. The standard InChI is InChI=1S/C10H20O/c1-3-5-10(6-4-2)7-9(10)8-11/h9,11H,3-8H2,1-2H3. The van der Waals surface area contributed by atoms with Gasteiger partial charge in [-0.2, -0.15) is 0 Å². The third-order valence-corrected chi connectivity index (χ3v) is 3.07. The zero-order valence-corrected chi connectivity index (χ0v) is 7.77. The van der Waals surface area contributed by atoms with Crippen LogP contribution >= 0.6 is 0 Å². The summed E-state index contributed by atoms with van der Waals surface area (Å²) in [5.41, 5.74) is 0.568. The van der Waals surface area contributed by atoms with Crippen LogP contribution in [0.25, 0.3) is 0 Å². The number of rotatable bonds is 5. The van der Waals surface area contributed by atoms with Crippen molar-refractivity contribution >= 4 is 0 Å². The fourth-order valence-corrected chi connectivity index (χ4v) is 2.42. The summed E-state index contributed by atoms with van der Waals surface area (Å²) >= 11 is 0. The summed E-state index contributed by atoms with van der Waals surface area (Å²) < 4.78 is 0. The lowest BCUT2D eigenvalue weighted by Gasteiger charge is -2.13. The molecule has 1 atom stereocenters. The second kappa shape index (κ2) is 3.57. The Morgan fingerprint density at radius 3 is 2.09 bits per heavy atom. The summed E-state index contributed by atoms with van der Waals surface area (Å²) in [4.78, 5) is 0. The minimum absolute atomic E-state index is 0.417. The van der Waals surface area contributed by atoms with Gasteiger partial charge in [-0.1, -0.05) is 26.7 Å². The second-order valence-electron chi connectivity index (χ2n) is 3.95. The molecule has 0 radical (unpaired) electrons. The lowest BCUT2D eigenvalue weighted by Crippen LogP contribution is -2.05. The molecule has 0 heterocycles. The first-order valence-corrected chi connectivity index (χ1v) is 4.90. The first-order valence-electron chi connectivity index (χ1n) is 4.90. The van der Waals surface area contributed by atoms with Crippen LogP contribution in [0.3, 0.4) is 0 Å². The summed E-state index contributed by atoms with van der Waals surface area (Å²) in [5, 5.41) is 8.99. The molecule has 0 aromatic rings. The van der Waals surface area contributed by atoms with Gasteiger partial charge in [-0.3, -0.25) is 0 Å². The van der Waals surface area contributed by atoms with Crippen molar-refractivity contribution in [1.82, 2.24) is 0 Å². The van der Waals surface area contributed by atoms with E-state index in [2.05, 4.69) is 13.8 Å². The fourth-order valence-electron chi connectivity index (χ4n) is 2.42. The van der Waals surface area contributed by atoms with Crippen LogP contribution < -0.4 is 0 Å². The van der Waals surface area contributed by atoms with Gasteiger partial charge in [0.25, 0.3) is 0 Å². The van der Waals surface area contributed by atoms with Crippen molar-refractivity contribution in [2.75, 3.05) is 6.61 Å². The van der Waals surface area contributed by atoms with Gasteiger partial charge in [-0.05, 0) is 30.6 Å². The molecule has 11 heavy (non-hydrogen) atoms. The van der Waals surface area contributed by atoms with Crippen molar-refractivity contribution < 1.29 is 5.11 Å². The Morgan fingerprint density at radius 1 is 1.27 bits per heavy atom. The van der Waals surface area contributed by atoms with E-state index in [1.165, 1.54) is 32.1 Å². The molecule has 1 aliphatic carbocycles. The van der Waals surface area contributed by atoms with Crippen molar-refractivity contribution in [3.8, 4) is 0 Å². The van der Waals surface area contributed by atoms with Crippen molar-refractivity contribution in [1.29, 1.82) is 0 Å². The van der Waals surface area contributed by atoms with Gasteiger partial charge in [0, 0.05) is 6.61 Å². The number of hydrogen-bond acceptors (Lipinski definition) is 1. The Morgan fingerprint density at radius 2 is 1.82 bits per heavy atom. The van der Waals surface area contributed by atoms with Crippen LogP contribution in [0.15, 0.2) is 0 Å². The molecule has 0 aliphatic heterocycles. The van der Waals surface area contributed by atoms with Crippen molar-refractivity contribution in [3.63, 3.8) is 0 Å². The summed E-state index contributed by atoms with van der Waals surface area (Å²) in [6.07, 6.45) is 6.48. The van der Waals surface area contributed by atoms with Crippen LogP contribution in [-0.4, -0.2) is 11.7 Å². The minimum atomic E-state index is 0.417. The molecule has 0 bridgehead atoms. The van der Waals surface area contributed by atoms with Gasteiger partial charge < -0.3 is 5.11 Å². The topological polar surface area (TPSA) is 20.2 Å². The second-order valence-corrected chi connectivity index (χ2v) is 3.95. The Balaban J connectivity index is 2.35. The highest BCUT2D eigenvalue weighted by molar-refractivity contribution is 5.00. The van der Waals surface area contributed by atoms with Crippen LogP contribution in [0.2, 0.25) is 0 Å². The largest absolute Gasteiger partial charge is 0.396 e. The molecule has 0 spiro atoms. The molecule has 1 N–H and O–H groups in total. The maximum atomic E-state index is 8.99. The molecule has 66 valence electrons. The first kappa shape index (κ1) is 9.05. The Hall–Kier alpha value is -0.0400. The molecule has 0 aromatic heterocycles. The van der Waals surface area contributed by atoms with Crippen molar-refractivity contribution in [3.05, 3.63) is 0 Å². The van der Waals surface area contributed by atoms with Crippen molar-refractivity contribution in [2.45, 2.75) is 46.0 Å². The summed E-state index contributed by atoms with van der Waals surface area (Å²) in [6, 6.07) is 0. The minimum Gasteiger partial charge on any atom is -0.396 e. The molecular formula is C10H20O. The molecule has 1 heteroatoms. The fraction of sp³-hybridized carbons (Fsp3) is 1.00. The van der Waals surface area contributed by atoms with E-state index >= 15 is 0 Å². The summed E-state index contributed by atoms with van der Waals surface area (Å²) in [7, 11) is 0. The van der Waals surface area contributed by atoms with Crippen molar-refractivity contribution in [2.24, 2.45) is 11.3 Å². The molecule has 1 saturated carbocycles. The predicted molar refractivity (Wildman–Crippen MR) is 47.4 cm³/mol. The zero-order chi connectivity index (χ0) is 8.32. The lowest BCUT2D eigenvalue weighted by atomic mass is 9.92. The Labute approximate surface area is 69.8 Å². The maximum Gasteiger partial charge on any atom is 0.0464 e. The smallest absolute Gasteiger partial charge is 0.0464 e. The van der Waals surface area contributed by atoms with Gasteiger partial charge in [0.2, 0.25) is 0 Å². The lowest BCUT2D eigenvalue weighted by molar-refractivity contribution is 0.237. The van der Waals surface area contributed by atoms with E-state index in [0.717, 1.165) is 0 Å². The highest BCUT2D eigenvalue weighted by Gasteiger charge is 2.51. The molecule has 1 aliphatic rings. The summed E-state index contributed by atoms with van der Waals surface area (Å²) in [6.45, 7) is 4.90. The van der Waals surface area contributed by atoms with E-state index < -0.39 is 0 Å². The van der Waals surface area contributed by atoms with E-state index in [4.69, 9.17) is 5.11 Å². The van der Waals surface area contributed by atoms with E-state index in [0.29, 0.717) is 17.9 Å². The molecule has 0 aromatic carbocycles. The molecule has 0 amide bonds. The highest BCUT2D eigenvalue weighted by Crippen LogP contribution is 2.58. The molecule has 0 saturated heterocycles. The van der Waals surface area contributed by atoms with Crippen LogP contribution in [0.1, 0.15) is 46.0 Å². The Bertz CT molecular complexity index is 114. The van der Waals surface area contributed by atoms with Gasteiger partial charge in [0.05, 0.1) is 0 Å². The third-order valence-electron chi connectivity index (χ3n) is 3.07. The number of aliphatic hydroxyl groups is 1. The van der Waals surface area contributed by atoms with Gasteiger partial charge in [0.1, 0.15) is 0 Å². The predicted octanol–water partition coefficient (Wildman–Crippen LogP) is 2.59. The molecule has 1 unspecified atom stereocenters.